The van der Waals surface area contributed by atoms with Crippen LogP contribution in [0.4, 0.5) is 5.69 Å². The number of nitrogens with one attached hydrogen (secondary N) is 1. The van der Waals surface area contributed by atoms with Crippen molar-refractivity contribution in [3.05, 3.63) is 29.3 Å². The number of nitrogens with zero attached hydrogens (tertiary/aromatic N) is 3. The molecule has 0 saturated carbocycles. The molecule has 25 heavy (non-hydrogen) atoms. The minimum Gasteiger partial charge on any atom is -0.302 e. The zero-order chi connectivity index (χ0) is 18.4. The summed E-state index contributed by atoms with van der Waals surface area (Å²) in [6.07, 6.45) is 1.41. The van der Waals surface area contributed by atoms with E-state index in [1.807, 2.05) is 0 Å². The number of aliphatic imine (C=N–C) groups is 1. The van der Waals surface area contributed by atoms with E-state index in [9.17, 15) is 9.59 Å². The molecule has 1 atom stereocenters. The second kappa shape index (κ2) is 9.03. The molecule has 1 N–H and O–H groups in total. The summed E-state index contributed by atoms with van der Waals surface area (Å²) in [7, 11) is 0. The highest BCUT2D eigenvalue weighted by Gasteiger charge is 2.38. The van der Waals surface area contributed by atoms with Gasteiger partial charge >= 0.3 is 0 Å². The van der Waals surface area contributed by atoms with Crippen molar-refractivity contribution in [3.63, 3.8) is 0 Å². The van der Waals surface area contributed by atoms with E-state index in [0.717, 1.165) is 19.6 Å². The predicted octanol–water partition coefficient (Wildman–Crippen LogP) is 2.12. The van der Waals surface area contributed by atoms with Gasteiger partial charge in [-0.3, -0.25) is 19.5 Å². The van der Waals surface area contributed by atoms with Crippen molar-refractivity contribution in [1.82, 2.24) is 10.2 Å². The summed E-state index contributed by atoms with van der Waals surface area (Å²) in [4.78, 5) is 32.6. The normalized spacial score (nSPS) is 18.3. The van der Waals surface area contributed by atoms with Gasteiger partial charge in [-0.1, -0.05) is 25.4 Å². The van der Waals surface area contributed by atoms with Crippen molar-refractivity contribution in [1.29, 1.82) is 0 Å². The van der Waals surface area contributed by atoms with Gasteiger partial charge < -0.3 is 10.2 Å². The van der Waals surface area contributed by atoms with Crippen LogP contribution in [0.3, 0.4) is 0 Å². The Hall–Kier alpha value is -1.83. The number of amides is 2. The molecule has 1 unspecified atom stereocenters. The minimum atomic E-state index is -0.987. The second-order valence-corrected chi connectivity index (χ2v) is 6.33. The first-order valence-corrected chi connectivity index (χ1v) is 8.93. The number of carbonyl (C=O) groups is 2. The van der Waals surface area contributed by atoms with E-state index >= 15 is 0 Å². The maximum absolute atomic E-state index is 12.7. The second-order valence-electron chi connectivity index (χ2n) is 5.50. The zero-order valence-corrected chi connectivity index (χ0v) is 15.8. The lowest BCUT2D eigenvalue weighted by molar-refractivity contribution is -0.130. The first-order chi connectivity index (χ1) is 12.0. The van der Waals surface area contributed by atoms with Gasteiger partial charge in [-0.2, -0.15) is 0 Å². The molecule has 1 aromatic rings. The third-order valence-corrected chi connectivity index (χ3v) is 4.52. The lowest BCUT2D eigenvalue weighted by Gasteiger charge is -2.30. The third kappa shape index (κ3) is 4.84. The minimum absolute atomic E-state index is 0.0603. The van der Waals surface area contributed by atoms with Gasteiger partial charge in [-0.15, -0.1) is 0 Å². The van der Waals surface area contributed by atoms with Crippen LogP contribution in [0.1, 0.15) is 13.8 Å². The molecule has 0 radical (unpaired) electrons. The molecule has 2 amide bonds. The van der Waals surface area contributed by atoms with Crippen LogP contribution in [-0.4, -0.2) is 54.2 Å². The SMILES string of the molecule is CCN(CC)CCN=CC1C(=O)NC(=S)N(c2ccc(Cl)cc2)C1=O. The van der Waals surface area contributed by atoms with Crippen LogP contribution in [-0.2, 0) is 9.59 Å². The smallest absolute Gasteiger partial charge is 0.251 e. The van der Waals surface area contributed by atoms with Crippen LogP contribution in [0, 0.1) is 5.92 Å². The van der Waals surface area contributed by atoms with Gasteiger partial charge in [0.1, 0.15) is 0 Å². The van der Waals surface area contributed by atoms with Gasteiger partial charge in [0.05, 0.1) is 12.2 Å². The molecule has 1 saturated heterocycles. The lowest BCUT2D eigenvalue weighted by atomic mass is 10.1. The van der Waals surface area contributed by atoms with Crippen LogP contribution in [0.25, 0.3) is 0 Å². The van der Waals surface area contributed by atoms with Crippen LogP contribution in [0.15, 0.2) is 29.3 Å². The Morgan fingerprint density at radius 1 is 1.28 bits per heavy atom. The number of thiocarbonyl (C=S) groups is 1. The molecule has 134 valence electrons. The Bertz CT molecular complexity index is 674. The Morgan fingerprint density at radius 2 is 1.92 bits per heavy atom. The fraction of sp³-hybridized carbons (Fsp3) is 0.412. The highest BCUT2D eigenvalue weighted by atomic mass is 35.5. The summed E-state index contributed by atoms with van der Waals surface area (Å²) in [6.45, 7) is 7.35. The van der Waals surface area contributed by atoms with E-state index < -0.39 is 17.7 Å². The monoisotopic (exact) mass is 380 g/mol. The van der Waals surface area contributed by atoms with Crippen molar-refractivity contribution in [2.45, 2.75) is 13.8 Å². The average Bonchev–Trinajstić information content (AvgIpc) is 2.59. The highest BCUT2D eigenvalue weighted by Crippen LogP contribution is 2.22. The van der Waals surface area contributed by atoms with Gasteiger partial charge in [0.25, 0.3) is 5.91 Å². The zero-order valence-electron chi connectivity index (χ0n) is 14.2. The number of anilines is 1. The third-order valence-electron chi connectivity index (χ3n) is 3.98. The van der Waals surface area contributed by atoms with Gasteiger partial charge in [-0.25, -0.2) is 0 Å². The summed E-state index contributed by atoms with van der Waals surface area (Å²) in [5.74, 6) is -1.85. The Balaban J connectivity index is 2.10. The molecule has 1 aliphatic heterocycles. The number of hydrogen-bond acceptors (Lipinski definition) is 5. The first-order valence-electron chi connectivity index (χ1n) is 8.14. The van der Waals surface area contributed by atoms with E-state index in [0.29, 0.717) is 17.3 Å². The molecule has 1 aromatic carbocycles. The molecule has 8 heteroatoms. The molecule has 1 aliphatic rings. The molecule has 2 rings (SSSR count). The fourth-order valence-corrected chi connectivity index (χ4v) is 2.90. The molecule has 6 nitrogen and oxygen atoms in total. The van der Waals surface area contributed by atoms with Crippen molar-refractivity contribution in [2.75, 3.05) is 31.1 Å². The topological polar surface area (TPSA) is 65.0 Å². The number of rotatable bonds is 7. The number of carbonyl (C=O) groups excluding carboxylic acids is 2. The molecule has 0 aromatic heterocycles. The van der Waals surface area contributed by atoms with E-state index in [-0.39, 0.29) is 5.11 Å². The van der Waals surface area contributed by atoms with Crippen molar-refractivity contribution < 1.29 is 9.59 Å². The molecular weight excluding hydrogens is 360 g/mol. The van der Waals surface area contributed by atoms with Crippen LogP contribution in [0.2, 0.25) is 5.02 Å². The van der Waals surface area contributed by atoms with Crippen LogP contribution in [0.5, 0.6) is 0 Å². The predicted molar refractivity (Wildman–Crippen MR) is 104 cm³/mol. The van der Waals surface area contributed by atoms with Crippen molar-refractivity contribution >= 4 is 52.6 Å². The molecule has 1 fully saturated rings. The van der Waals surface area contributed by atoms with E-state index in [1.165, 1.54) is 11.1 Å². The van der Waals surface area contributed by atoms with Gasteiger partial charge in [0, 0.05) is 17.8 Å². The Kier molecular flexibility index (Phi) is 7.04. The number of likely N-dealkylation sites (N-methyl/N-ethyl adjacent to an activating group) is 1. The molecular formula is C17H21ClN4O2S. The largest absolute Gasteiger partial charge is 0.302 e. The summed E-state index contributed by atoms with van der Waals surface area (Å²) in [6, 6.07) is 6.68. The summed E-state index contributed by atoms with van der Waals surface area (Å²) < 4.78 is 0. The van der Waals surface area contributed by atoms with Crippen molar-refractivity contribution in [3.8, 4) is 0 Å². The molecule has 1 heterocycles. The van der Waals surface area contributed by atoms with E-state index in [4.69, 9.17) is 23.8 Å². The molecule has 0 spiro atoms. The molecule has 0 aliphatic carbocycles. The lowest BCUT2D eigenvalue weighted by Crippen LogP contribution is -2.58. The summed E-state index contributed by atoms with van der Waals surface area (Å²) in [5.41, 5.74) is 0.556. The Labute approximate surface area is 157 Å². The van der Waals surface area contributed by atoms with Gasteiger partial charge in [-0.05, 0) is 49.6 Å². The van der Waals surface area contributed by atoms with Crippen molar-refractivity contribution in [2.24, 2.45) is 10.9 Å². The maximum Gasteiger partial charge on any atom is 0.251 e. The Morgan fingerprint density at radius 3 is 2.52 bits per heavy atom. The standard InChI is InChI=1S/C17H21ClN4O2S/c1-3-21(4-2)10-9-19-11-14-15(23)20-17(25)22(16(14)24)13-7-5-12(18)6-8-13/h5-8,11,14H,3-4,9-10H2,1-2H3,(H,20,23,25). The number of halogens is 1. The number of benzene rings is 1. The highest BCUT2D eigenvalue weighted by molar-refractivity contribution is 7.80. The summed E-state index contributed by atoms with van der Waals surface area (Å²) >= 11 is 11.0. The van der Waals surface area contributed by atoms with E-state index in [2.05, 4.69) is 29.1 Å². The van der Waals surface area contributed by atoms with E-state index in [1.54, 1.807) is 24.3 Å². The van der Waals surface area contributed by atoms with Crippen LogP contribution >= 0.6 is 23.8 Å². The van der Waals surface area contributed by atoms with Crippen LogP contribution < -0.4 is 10.2 Å². The maximum atomic E-state index is 12.7. The number of hydrogen-bond donors (Lipinski definition) is 1. The average molecular weight is 381 g/mol. The first kappa shape index (κ1) is 19.5. The summed E-state index contributed by atoms with van der Waals surface area (Å²) in [5, 5.41) is 3.17. The fourth-order valence-electron chi connectivity index (χ4n) is 2.48. The van der Waals surface area contributed by atoms with Gasteiger partial charge in [0.2, 0.25) is 5.91 Å². The van der Waals surface area contributed by atoms with Gasteiger partial charge in [0.15, 0.2) is 11.0 Å². The molecule has 0 bridgehead atoms. The quantitative estimate of drug-likeness (QED) is 0.447.